The lowest BCUT2D eigenvalue weighted by Crippen LogP contribution is -2.42. The molecule has 0 saturated heterocycles. The monoisotopic (exact) mass is 567 g/mol. The second-order valence-corrected chi connectivity index (χ2v) is 10.1. The maximum Gasteiger partial charge on any atom is 0.269 e. The molecule has 0 saturated carbocycles. The fourth-order valence-electron chi connectivity index (χ4n) is 4.50. The van der Waals surface area contributed by atoms with E-state index in [0.29, 0.717) is 35.1 Å². The van der Waals surface area contributed by atoms with Crippen molar-refractivity contribution in [1.82, 2.24) is 9.80 Å². The lowest BCUT2D eigenvalue weighted by Gasteiger charge is -2.27. The van der Waals surface area contributed by atoms with E-state index in [4.69, 9.17) is 4.42 Å². The zero-order valence-corrected chi connectivity index (χ0v) is 23.7. The number of carbonyl (C=O) groups is 2. The van der Waals surface area contributed by atoms with E-state index in [1.165, 1.54) is 29.4 Å². The van der Waals surface area contributed by atoms with Crippen LogP contribution in [0.5, 0.6) is 0 Å². The van der Waals surface area contributed by atoms with Crippen LogP contribution in [-0.4, -0.2) is 39.6 Å². The Morgan fingerprint density at radius 2 is 1.71 bits per heavy atom. The minimum absolute atomic E-state index is 0.0222. The van der Waals surface area contributed by atoms with Crippen molar-refractivity contribution in [3.8, 4) is 0 Å². The van der Waals surface area contributed by atoms with Gasteiger partial charge in [-0.05, 0) is 54.8 Å². The van der Waals surface area contributed by atoms with Crippen LogP contribution >= 0.6 is 0 Å². The van der Waals surface area contributed by atoms with E-state index in [0.717, 1.165) is 17.5 Å². The van der Waals surface area contributed by atoms with Crippen LogP contribution < -0.4 is 5.43 Å². The van der Waals surface area contributed by atoms with Gasteiger partial charge in [0.05, 0.1) is 28.7 Å². The predicted molar refractivity (Wildman–Crippen MR) is 162 cm³/mol. The Hall–Kier alpha value is -5.05. The smallest absolute Gasteiger partial charge is 0.269 e. The van der Waals surface area contributed by atoms with Crippen LogP contribution in [0.1, 0.15) is 42.0 Å². The van der Waals surface area contributed by atoms with E-state index >= 15 is 0 Å². The molecule has 9 nitrogen and oxygen atoms in total. The first kappa shape index (κ1) is 29.9. The number of unbranched alkanes of at least 4 members (excludes halogenated alkanes) is 1. The molecule has 3 aromatic carbocycles. The maximum atomic E-state index is 13.7. The van der Waals surface area contributed by atoms with Crippen molar-refractivity contribution in [3.05, 3.63) is 128 Å². The molecule has 0 bridgehead atoms. The van der Waals surface area contributed by atoms with Crippen molar-refractivity contribution in [3.63, 3.8) is 0 Å². The lowest BCUT2D eigenvalue weighted by molar-refractivity contribution is -0.384. The summed E-state index contributed by atoms with van der Waals surface area (Å²) >= 11 is 0. The standard InChI is InChI=1S/C33H33N3O6/c1-3-4-18-34(31(37)17-13-25-11-14-28(15-12-25)36(40)41)22-32(38)35(20-26-8-6-5-7-9-26)21-27-23-42-30-16-10-24(2)19-29(30)33(27)39/h5-17,19,23H,3-4,18,20-22H2,1-2H3/b17-13+. The molecule has 4 aromatic rings. The van der Waals surface area contributed by atoms with Gasteiger partial charge in [0.25, 0.3) is 5.69 Å². The summed E-state index contributed by atoms with van der Waals surface area (Å²) in [6.45, 7) is 4.37. The molecule has 0 fully saturated rings. The van der Waals surface area contributed by atoms with Gasteiger partial charge >= 0.3 is 0 Å². The van der Waals surface area contributed by atoms with Gasteiger partial charge in [0.15, 0.2) is 5.43 Å². The summed E-state index contributed by atoms with van der Waals surface area (Å²) in [4.78, 5) is 53.8. The Kier molecular flexibility index (Phi) is 9.99. The van der Waals surface area contributed by atoms with Crippen LogP contribution in [0.3, 0.4) is 0 Å². The largest absolute Gasteiger partial charge is 0.464 e. The fraction of sp³-hybridized carbons (Fsp3) is 0.242. The number of benzene rings is 3. The third-order valence-corrected chi connectivity index (χ3v) is 6.87. The van der Waals surface area contributed by atoms with Crippen LogP contribution in [-0.2, 0) is 22.7 Å². The number of hydrogen-bond donors (Lipinski definition) is 0. The minimum atomic E-state index is -0.485. The molecule has 0 unspecified atom stereocenters. The second kappa shape index (κ2) is 14.0. The van der Waals surface area contributed by atoms with Crippen molar-refractivity contribution in [2.45, 2.75) is 39.8 Å². The van der Waals surface area contributed by atoms with Crippen LogP contribution in [0.2, 0.25) is 0 Å². The first-order valence-electron chi connectivity index (χ1n) is 13.8. The quantitative estimate of drug-likeness (QED) is 0.120. The molecule has 216 valence electrons. The molecular formula is C33H33N3O6. The predicted octanol–water partition coefficient (Wildman–Crippen LogP) is 5.88. The van der Waals surface area contributed by atoms with E-state index in [2.05, 4.69) is 0 Å². The maximum absolute atomic E-state index is 13.7. The highest BCUT2D eigenvalue weighted by molar-refractivity contribution is 5.94. The summed E-state index contributed by atoms with van der Waals surface area (Å²) in [6.07, 6.45) is 5.87. The number of nitrogens with zero attached hydrogens (tertiary/aromatic N) is 3. The highest BCUT2D eigenvalue weighted by atomic mass is 16.6. The summed E-state index contributed by atoms with van der Waals surface area (Å²) < 4.78 is 5.73. The van der Waals surface area contributed by atoms with Crippen LogP contribution in [0.15, 0.2) is 94.3 Å². The van der Waals surface area contributed by atoms with Crippen molar-refractivity contribution in [2.75, 3.05) is 13.1 Å². The molecule has 2 amide bonds. The van der Waals surface area contributed by atoms with Crippen molar-refractivity contribution in [2.24, 2.45) is 0 Å². The van der Waals surface area contributed by atoms with Crippen molar-refractivity contribution in [1.29, 1.82) is 0 Å². The molecule has 0 aliphatic rings. The highest BCUT2D eigenvalue weighted by Gasteiger charge is 2.22. The van der Waals surface area contributed by atoms with E-state index in [1.807, 2.05) is 50.2 Å². The van der Waals surface area contributed by atoms with E-state index in [-0.39, 0.29) is 42.6 Å². The van der Waals surface area contributed by atoms with Gasteiger partial charge in [0.1, 0.15) is 12.1 Å². The zero-order chi connectivity index (χ0) is 30.1. The molecule has 1 aromatic heterocycles. The van der Waals surface area contributed by atoms with Gasteiger partial charge in [0.2, 0.25) is 11.8 Å². The van der Waals surface area contributed by atoms with Crippen LogP contribution in [0.25, 0.3) is 17.0 Å². The van der Waals surface area contributed by atoms with Gasteiger partial charge in [-0.3, -0.25) is 24.5 Å². The number of nitro benzene ring substituents is 1. The first-order chi connectivity index (χ1) is 20.2. The number of non-ortho nitro benzene ring substituents is 1. The summed E-state index contributed by atoms with van der Waals surface area (Å²) in [5.41, 5.74) is 3.03. The van der Waals surface area contributed by atoms with Gasteiger partial charge in [-0.15, -0.1) is 0 Å². The van der Waals surface area contributed by atoms with Gasteiger partial charge in [0, 0.05) is 31.3 Å². The molecule has 0 aliphatic heterocycles. The average Bonchev–Trinajstić information content (AvgIpc) is 2.99. The fourth-order valence-corrected chi connectivity index (χ4v) is 4.50. The van der Waals surface area contributed by atoms with Crippen LogP contribution in [0.4, 0.5) is 5.69 Å². The Bertz CT molecular complexity index is 1640. The highest BCUT2D eigenvalue weighted by Crippen LogP contribution is 2.17. The zero-order valence-electron chi connectivity index (χ0n) is 23.7. The Balaban J connectivity index is 1.57. The molecule has 0 spiro atoms. The molecule has 9 heteroatoms. The van der Waals surface area contributed by atoms with E-state index in [1.54, 1.807) is 35.2 Å². The number of rotatable bonds is 12. The summed E-state index contributed by atoms with van der Waals surface area (Å²) in [7, 11) is 0. The molecular weight excluding hydrogens is 534 g/mol. The lowest BCUT2D eigenvalue weighted by atomic mass is 10.1. The summed E-state index contributed by atoms with van der Waals surface area (Å²) in [6, 6.07) is 20.7. The molecule has 0 atom stereocenters. The molecule has 0 N–H and O–H groups in total. The number of fused-ring (bicyclic) bond motifs is 1. The Labute approximate surface area is 243 Å². The van der Waals surface area contributed by atoms with Crippen molar-refractivity contribution < 1.29 is 18.9 Å². The average molecular weight is 568 g/mol. The Morgan fingerprint density at radius 3 is 2.40 bits per heavy atom. The molecule has 0 radical (unpaired) electrons. The molecule has 1 heterocycles. The molecule has 0 aliphatic carbocycles. The molecule has 4 rings (SSSR count). The first-order valence-corrected chi connectivity index (χ1v) is 13.8. The second-order valence-electron chi connectivity index (χ2n) is 10.1. The topological polar surface area (TPSA) is 114 Å². The third kappa shape index (κ3) is 7.78. The van der Waals surface area contributed by atoms with Gasteiger partial charge in [-0.2, -0.15) is 0 Å². The number of amides is 2. The van der Waals surface area contributed by atoms with Crippen LogP contribution in [0, 0.1) is 17.0 Å². The SMILES string of the molecule is CCCCN(CC(=O)N(Cc1ccccc1)Cc1coc2ccc(C)cc2c1=O)C(=O)/C=C/c1ccc([N+](=O)[O-])cc1. The number of carbonyl (C=O) groups excluding carboxylic acids is 2. The third-order valence-electron chi connectivity index (χ3n) is 6.87. The number of aryl methyl sites for hydroxylation is 1. The number of hydrogen-bond acceptors (Lipinski definition) is 6. The summed E-state index contributed by atoms with van der Waals surface area (Å²) in [5.74, 6) is -0.661. The van der Waals surface area contributed by atoms with Crippen molar-refractivity contribution >= 4 is 34.5 Å². The molecule has 42 heavy (non-hydrogen) atoms. The normalized spacial score (nSPS) is 11.1. The summed E-state index contributed by atoms with van der Waals surface area (Å²) in [5, 5.41) is 11.4. The Morgan fingerprint density at radius 1 is 0.976 bits per heavy atom. The van der Waals surface area contributed by atoms with Gasteiger partial charge in [-0.1, -0.05) is 55.3 Å². The van der Waals surface area contributed by atoms with E-state index < -0.39 is 4.92 Å². The van der Waals surface area contributed by atoms with Gasteiger partial charge in [-0.25, -0.2) is 0 Å². The van der Waals surface area contributed by atoms with Gasteiger partial charge < -0.3 is 14.2 Å². The van der Waals surface area contributed by atoms with E-state index in [9.17, 15) is 24.5 Å². The number of nitro groups is 1. The minimum Gasteiger partial charge on any atom is -0.464 e.